The Labute approximate surface area is 188 Å². The van der Waals surface area contributed by atoms with Crippen molar-refractivity contribution in [1.82, 2.24) is 15.3 Å². The van der Waals surface area contributed by atoms with Crippen molar-refractivity contribution in [2.24, 2.45) is 0 Å². The van der Waals surface area contributed by atoms with Crippen molar-refractivity contribution in [2.45, 2.75) is 43.6 Å². The molecule has 1 atom stereocenters. The second-order valence-corrected chi connectivity index (χ2v) is 8.58. The Morgan fingerprint density at radius 2 is 1.97 bits per heavy atom. The highest BCUT2D eigenvalue weighted by Crippen LogP contribution is 2.42. The third-order valence-corrected chi connectivity index (χ3v) is 6.69. The first-order valence-corrected chi connectivity index (χ1v) is 11.2. The van der Waals surface area contributed by atoms with E-state index in [-0.39, 0.29) is 12.0 Å². The highest BCUT2D eigenvalue weighted by atomic mass is 16.5. The van der Waals surface area contributed by atoms with E-state index >= 15 is 0 Å². The van der Waals surface area contributed by atoms with E-state index in [1.165, 1.54) is 0 Å². The topological polar surface area (TPSA) is 73.3 Å². The molecule has 2 aliphatic rings. The number of nitrogens with one attached hydrogen (secondary N) is 1. The van der Waals surface area contributed by atoms with Gasteiger partial charge in [0, 0.05) is 24.4 Å². The van der Waals surface area contributed by atoms with Crippen LogP contribution in [0.2, 0.25) is 0 Å². The summed E-state index contributed by atoms with van der Waals surface area (Å²) < 4.78 is 11.4. The minimum Gasteiger partial charge on any atom is -0.497 e. The van der Waals surface area contributed by atoms with Crippen LogP contribution in [-0.4, -0.2) is 35.6 Å². The number of carbonyl (C=O) groups excluding carboxylic acids is 1. The molecule has 0 bridgehead atoms. The van der Waals surface area contributed by atoms with Gasteiger partial charge in [-0.1, -0.05) is 25.0 Å². The summed E-state index contributed by atoms with van der Waals surface area (Å²) in [6.07, 6.45) is 9.69. The van der Waals surface area contributed by atoms with E-state index in [1.807, 2.05) is 36.4 Å². The Hall–Kier alpha value is -3.41. The van der Waals surface area contributed by atoms with Gasteiger partial charge in [0.15, 0.2) is 0 Å². The molecule has 0 saturated heterocycles. The number of amides is 1. The Bertz CT molecular complexity index is 1090. The molecule has 32 heavy (non-hydrogen) atoms. The summed E-state index contributed by atoms with van der Waals surface area (Å²) in [5.74, 6) is 1.78. The van der Waals surface area contributed by atoms with Gasteiger partial charge in [-0.15, -0.1) is 0 Å². The van der Waals surface area contributed by atoms with E-state index in [0.29, 0.717) is 6.54 Å². The first kappa shape index (κ1) is 20.5. The van der Waals surface area contributed by atoms with Crippen LogP contribution in [0.1, 0.15) is 36.8 Å². The highest BCUT2D eigenvalue weighted by Gasteiger charge is 2.43. The molecule has 164 valence electrons. The summed E-state index contributed by atoms with van der Waals surface area (Å²) in [5, 5.41) is 3.20. The molecule has 2 heterocycles. The summed E-state index contributed by atoms with van der Waals surface area (Å²) in [4.78, 5) is 21.9. The molecule has 1 saturated carbocycles. The zero-order chi connectivity index (χ0) is 22.0. The molecule has 6 heteroatoms. The molecule has 6 nitrogen and oxygen atoms in total. The predicted molar refractivity (Wildman–Crippen MR) is 122 cm³/mol. The average molecular weight is 430 g/mol. The number of rotatable bonds is 6. The van der Waals surface area contributed by atoms with Gasteiger partial charge in [-0.3, -0.25) is 14.8 Å². The van der Waals surface area contributed by atoms with Gasteiger partial charge in [-0.2, -0.15) is 0 Å². The molecular formula is C26H27N3O3. The van der Waals surface area contributed by atoms with E-state index in [0.717, 1.165) is 66.0 Å². The smallest absolute Gasteiger partial charge is 0.230 e. The molecule has 5 rings (SSSR count). The van der Waals surface area contributed by atoms with Crippen molar-refractivity contribution in [3.8, 4) is 22.8 Å². The first-order valence-electron chi connectivity index (χ1n) is 11.2. The van der Waals surface area contributed by atoms with Gasteiger partial charge in [0.25, 0.3) is 0 Å². The van der Waals surface area contributed by atoms with Gasteiger partial charge in [0.05, 0.1) is 31.0 Å². The third kappa shape index (κ3) is 3.81. The highest BCUT2D eigenvalue weighted by molar-refractivity contribution is 5.88. The number of carbonyl (C=O) groups is 1. The molecule has 0 spiro atoms. The van der Waals surface area contributed by atoms with Crippen LogP contribution >= 0.6 is 0 Å². The van der Waals surface area contributed by atoms with Crippen LogP contribution in [0.4, 0.5) is 0 Å². The normalized spacial score (nSPS) is 18.6. The summed E-state index contributed by atoms with van der Waals surface area (Å²) in [5.41, 5.74) is 3.61. The van der Waals surface area contributed by atoms with E-state index in [9.17, 15) is 4.79 Å². The lowest BCUT2D eigenvalue weighted by atomic mass is 9.78. The maximum Gasteiger partial charge on any atom is 0.230 e. The van der Waals surface area contributed by atoms with Crippen LogP contribution in [0.3, 0.4) is 0 Å². The van der Waals surface area contributed by atoms with Crippen LogP contribution in [0, 0.1) is 0 Å². The molecule has 1 fully saturated rings. The first-order chi connectivity index (χ1) is 15.7. The minimum atomic E-state index is -0.461. The van der Waals surface area contributed by atoms with Crippen molar-refractivity contribution in [1.29, 1.82) is 0 Å². The fourth-order valence-corrected chi connectivity index (χ4v) is 4.95. The number of aromatic nitrogens is 2. The molecule has 1 aliphatic carbocycles. The number of ether oxygens (including phenoxy) is 2. The molecule has 2 aromatic carbocycles. The van der Waals surface area contributed by atoms with Crippen LogP contribution in [0.15, 0.2) is 61.1 Å². The molecule has 1 N–H and O–H groups in total. The van der Waals surface area contributed by atoms with Crippen LogP contribution in [0.5, 0.6) is 11.5 Å². The van der Waals surface area contributed by atoms with Gasteiger partial charge in [-0.05, 0) is 54.3 Å². The second-order valence-electron chi connectivity index (χ2n) is 8.58. The Kier molecular flexibility index (Phi) is 5.52. The van der Waals surface area contributed by atoms with E-state index in [1.54, 1.807) is 25.7 Å². The lowest BCUT2D eigenvalue weighted by Crippen LogP contribution is -2.45. The van der Waals surface area contributed by atoms with Crippen LogP contribution in [0.25, 0.3) is 11.3 Å². The number of nitrogens with zero attached hydrogens (tertiary/aromatic N) is 2. The van der Waals surface area contributed by atoms with Gasteiger partial charge in [0.2, 0.25) is 5.91 Å². The molecule has 1 unspecified atom stereocenters. The monoisotopic (exact) mass is 429 g/mol. The van der Waals surface area contributed by atoms with Crippen LogP contribution in [-0.2, 0) is 16.6 Å². The molecule has 3 aromatic rings. The number of hydrogen-bond acceptors (Lipinski definition) is 5. The molecule has 1 amide bonds. The summed E-state index contributed by atoms with van der Waals surface area (Å²) in [6, 6.07) is 14.0. The largest absolute Gasteiger partial charge is 0.497 e. The van der Waals surface area contributed by atoms with Gasteiger partial charge in [-0.25, -0.2) is 0 Å². The standard InChI is InChI=1S/C26H27N3O3/c1-31-21-7-5-20(6-8-21)26(10-2-3-11-26)25(30)29-16-22-15-19-14-18(4-9-24(19)32-22)23-17-27-12-13-28-23/h4-9,12-14,17,22H,2-3,10-11,15-16H2,1H3,(H,29,30). The molecular weight excluding hydrogens is 402 g/mol. The fourth-order valence-electron chi connectivity index (χ4n) is 4.95. The van der Waals surface area contributed by atoms with Crippen LogP contribution < -0.4 is 14.8 Å². The minimum absolute atomic E-state index is 0.0691. The van der Waals surface area contributed by atoms with E-state index < -0.39 is 5.41 Å². The SMILES string of the molecule is COc1ccc(C2(C(=O)NCC3Cc4cc(-c5cnccn5)ccc4O3)CCCC2)cc1. The lowest BCUT2D eigenvalue weighted by molar-refractivity contribution is -0.127. The lowest BCUT2D eigenvalue weighted by Gasteiger charge is -2.29. The predicted octanol–water partition coefficient (Wildman–Crippen LogP) is 4.08. The van der Waals surface area contributed by atoms with Crippen molar-refractivity contribution in [2.75, 3.05) is 13.7 Å². The Balaban J connectivity index is 1.26. The number of hydrogen-bond donors (Lipinski definition) is 1. The van der Waals surface area contributed by atoms with Crippen molar-refractivity contribution >= 4 is 5.91 Å². The Morgan fingerprint density at radius 3 is 2.69 bits per heavy atom. The summed E-state index contributed by atoms with van der Waals surface area (Å²) in [7, 11) is 1.66. The molecule has 1 aromatic heterocycles. The van der Waals surface area contributed by atoms with Crippen molar-refractivity contribution in [3.05, 3.63) is 72.2 Å². The quantitative estimate of drug-likeness (QED) is 0.639. The third-order valence-electron chi connectivity index (χ3n) is 6.69. The van der Waals surface area contributed by atoms with Crippen molar-refractivity contribution < 1.29 is 14.3 Å². The van der Waals surface area contributed by atoms with Gasteiger partial charge in [0.1, 0.15) is 17.6 Å². The maximum absolute atomic E-state index is 13.4. The van der Waals surface area contributed by atoms with Crippen molar-refractivity contribution in [3.63, 3.8) is 0 Å². The zero-order valence-corrected chi connectivity index (χ0v) is 18.2. The number of benzene rings is 2. The second kappa shape index (κ2) is 8.61. The molecule has 1 aliphatic heterocycles. The molecule has 0 radical (unpaired) electrons. The van der Waals surface area contributed by atoms with Gasteiger partial charge >= 0.3 is 0 Å². The maximum atomic E-state index is 13.4. The fraction of sp³-hybridized carbons (Fsp3) is 0.346. The zero-order valence-electron chi connectivity index (χ0n) is 18.2. The summed E-state index contributed by atoms with van der Waals surface area (Å²) in [6.45, 7) is 0.492. The number of fused-ring (bicyclic) bond motifs is 1. The van der Waals surface area contributed by atoms with E-state index in [2.05, 4.69) is 21.4 Å². The summed E-state index contributed by atoms with van der Waals surface area (Å²) >= 11 is 0. The van der Waals surface area contributed by atoms with E-state index in [4.69, 9.17) is 9.47 Å². The average Bonchev–Trinajstić information content (AvgIpc) is 3.50. The van der Waals surface area contributed by atoms with Gasteiger partial charge < -0.3 is 14.8 Å². The Morgan fingerprint density at radius 1 is 1.16 bits per heavy atom. The number of methoxy groups -OCH3 is 1.